The molecular weight excluding hydrogens is 677 g/mol. The first-order chi connectivity index (χ1) is 24.1. The summed E-state index contributed by atoms with van der Waals surface area (Å²) in [6, 6.07) is 10.4. The highest BCUT2D eigenvalue weighted by atomic mass is 19.4. The van der Waals surface area contributed by atoms with Gasteiger partial charge >= 0.3 is 12.1 Å². The van der Waals surface area contributed by atoms with E-state index >= 15 is 4.39 Å². The summed E-state index contributed by atoms with van der Waals surface area (Å²) in [4.78, 5) is 41.5. The van der Waals surface area contributed by atoms with E-state index < -0.39 is 66.3 Å². The molecule has 51 heavy (non-hydrogen) atoms. The van der Waals surface area contributed by atoms with Crippen LogP contribution in [0, 0.1) is 19.7 Å². The largest absolute Gasteiger partial charge is 0.507 e. The third-order valence-corrected chi connectivity index (χ3v) is 8.95. The number of aryl methyl sites for hydroxylation is 2. The molecule has 5 rings (SSSR count). The Bertz CT molecular complexity index is 1990. The van der Waals surface area contributed by atoms with Gasteiger partial charge in [0, 0.05) is 43.0 Å². The van der Waals surface area contributed by atoms with E-state index in [1.807, 2.05) is 0 Å². The first-order valence-corrected chi connectivity index (χ1v) is 16.1. The van der Waals surface area contributed by atoms with Crippen molar-refractivity contribution >= 4 is 11.9 Å². The number of likely N-dealkylation sites (tertiary alicyclic amines) is 1. The molecule has 1 aliphatic heterocycles. The summed E-state index contributed by atoms with van der Waals surface area (Å²) in [5, 5.41) is 32.8. The Morgan fingerprint density at radius 2 is 1.73 bits per heavy atom. The number of phenols is 1. The van der Waals surface area contributed by atoms with Gasteiger partial charge in [-0.15, -0.1) is 0 Å². The van der Waals surface area contributed by atoms with Crippen LogP contribution in [0.25, 0.3) is 11.1 Å². The van der Waals surface area contributed by atoms with E-state index in [-0.39, 0.29) is 54.1 Å². The third-order valence-electron chi connectivity index (χ3n) is 8.95. The number of nitrogens with one attached hydrogen (secondary N) is 1. The molecule has 1 aliphatic rings. The van der Waals surface area contributed by atoms with Crippen LogP contribution >= 0.6 is 0 Å². The Hall–Kier alpha value is -5.08. The highest BCUT2D eigenvalue weighted by Crippen LogP contribution is 2.37. The van der Waals surface area contributed by atoms with Crippen molar-refractivity contribution in [1.29, 1.82) is 0 Å². The highest BCUT2D eigenvalue weighted by Gasteiger charge is 2.37. The van der Waals surface area contributed by atoms with Gasteiger partial charge in [-0.2, -0.15) is 13.2 Å². The maximum absolute atomic E-state index is 15.9. The molecule has 1 fully saturated rings. The lowest BCUT2D eigenvalue weighted by atomic mass is 9.92. The zero-order valence-electron chi connectivity index (χ0n) is 27.7. The van der Waals surface area contributed by atoms with Crippen molar-refractivity contribution in [2.45, 2.75) is 57.7 Å². The third kappa shape index (κ3) is 8.29. The second-order valence-electron chi connectivity index (χ2n) is 12.7. The smallest absolute Gasteiger partial charge is 0.416 e. The molecule has 0 aliphatic carbocycles. The molecule has 2 heterocycles. The number of aliphatic carboxylic acids is 1. The van der Waals surface area contributed by atoms with Gasteiger partial charge in [-0.1, -0.05) is 36.4 Å². The lowest BCUT2D eigenvalue weighted by Crippen LogP contribution is -2.49. The number of phenolic OH excluding ortho intramolecular Hbond substituents is 1. The molecule has 4 N–H and O–H groups in total. The molecule has 14 heteroatoms. The second-order valence-corrected chi connectivity index (χ2v) is 12.7. The Balaban J connectivity index is 1.62. The molecule has 1 unspecified atom stereocenters. The number of aliphatic hydroxyl groups excluding tert-OH is 1. The van der Waals surface area contributed by atoms with Crippen molar-refractivity contribution in [1.82, 2.24) is 14.8 Å². The van der Waals surface area contributed by atoms with E-state index in [0.717, 1.165) is 10.8 Å². The summed E-state index contributed by atoms with van der Waals surface area (Å²) in [6.45, 7) is 2.80. The normalized spacial score (nSPS) is 14.9. The zero-order valence-corrected chi connectivity index (χ0v) is 27.7. The van der Waals surface area contributed by atoms with Gasteiger partial charge < -0.3 is 20.6 Å². The number of aromatic nitrogens is 1. The average Bonchev–Trinajstić information content (AvgIpc) is 3.04. The van der Waals surface area contributed by atoms with Crippen molar-refractivity contribution in [3.8, 4) is 16.9 Å². The molecule has 0 radical (unpaired) electrons. The minimum Gasteiger partial charge on any atom is -0.507 e. The molecule has 1 aromatic heterocycles. The average molecular weight is 714 g/mol. The number of benzene rings is 3. The van der Waals surface area contributed by atoms with Gasteiger partial charge in [0.25, 0.3) is 5.56 Å². The number of carbonyl (C=O) groups is 2. The van der Waals surface area contributed by atoms with Gasteiger partial charge in [0.1, 0.15) is 23.8 Å². The van der Waals surface area contributed by atoms with Gasteiger partial charge in [0.2, 0.25) is 5.91 Å². The van der Waals surface area contributed by atoms with E-state index in [0.29, 0.717) is 28.3 Å². The van der Waals surface area contributed by atoms with Crippen LogP contribution in [0.2, 0.25) is 0 Å². The number of amides is 1. The monoisotopic (exact) mass is 713 g/mol. The number of carboxylic acids is 1. The molecule has 4 aromatic rings. The van der Waals surface area contributed by atoms with Gasteiger partial charge in [0.05, 0.1) is 24.6 Å². The molecule has 0 saturated carbocycles. The Morgan fingerprint density at radius 3 is 2.35 bits per heavy atom. The molecule has 1 saturated heterocycles. The van der Waals surface area contributed by atoms with Crippen LogP contribution < -0.4 is 10.9 Å². The number of hydrogen-bond donors (Lipinski definition) is 4. The number of hydrogen-bond acceptors (Lipinski definition) is 6. The van der Waals surface area contributed by atoms with E-state index in [1.54, 1.807) is 24.0 Å². The summed E-state index contributed by atoms with van der Waals surface area (Å²) >= 11 is 0. The standard InChI is InChI=1S/C37H36F5N3O6/c1-20-5-3-8-30(47)33(20)25-11-21(2)34(39)27(13-25)29(15-32(49)50)43-36(51)35(23-7-4-6-22(12-23)19-46)45-16-24(9-10-44-17-26(38)18-44)28(14-31(45)48)37(40,41)42/h3-8,11-14,16,26,29,35,46-47H,9-10,15,17-19H2,1-2H3,(H,43,51)(H,49,50)/t29-,35?/m0/s1. The molecule has 0 spiro atoms. The van der Waals surface area contributed by atoms with Crippen LogP contribution in [-0.2, 0) is 28.8 Å². The lowest BCUT2D eigenvalue weighted by Gasteiger charge is -2.34. The number of carbonyl (C=O) groups excluding carboxylic acids is 1. The van der Waals surface area contributed by atoms with Crippen LogP contribution in [0.1, 0.15) is 57.4 Å². The number of aromatic hydroxyl groups is 1. The van der Waals surface area contributed by atoms with E-state index in [9.17, 15) is 47.3 Å². The van der Waals surface area contributed by atoms with Crippen LogP contribution in [0.3, 0.4) is 0 Å². The van der Waals surface area contributed by atoms with Crippen molar-refractivity contribution in [3.05, 3.63) is 122 Å². The van der Waals surface area contributed by atoms with E-state index in [2.05, 4.69) is 5.32 Å². The minimum absolute atomic E-state index is 0.0463. The number of pyridine rings is 1. The summed E-state index contributed by atoms with van der Waals surface area (Å²) in [6.07, 6.45) is -6.18. The maximum atomic E-state index is 15.9. The fourth-order valence-electron chi connectivity index (χ4n) is 6.41. The Morgan fingerprint density at radius 1 is 1.02 bits per heavy atom. The maximum Gasteiger partial charge on any atom is 0.416 e. The molecule has 270 valence electrons. The summed E-state index contributed by atoms with van der Waals surface area (Å²) in [5.74, 6) is -3.43. The van der Waals surface area contributed by atoms with E-state index in [1.165, 1.54) is 49.4 Å². The first-order valence-electron chi connectivity index (χ1n) is 16.1. The number of halogens is 5. The van der Waals surface area contributed by atoms with Crippen LogP contribution in [-0.4, -0.2) is 62.5 Å². The van der Waals surface area contributed by atoms with Gasteiger partial charge in [-0.05, 0) is 71.8 Å². The molecule has 2 atom stereocenters. The fourth-order valence-corrected chi connectivity index (χ4v) is 6.41. The summed E-state index contributed by atoms with van der Waals surface area (Å²) < 4.78 is 72.5. The number of alkyl halides is 4. The number of nitrogens with zero attached hydrogens (tertiary/aromatic N) is 2. The molecular formula is C37H36F5N3O6. The molecule has 3 aromatic carbocycles. The topological polar surface area (TPSA) is 132 Å². The Labute approximate surface area is 289 Å². The fraction of sp³-hybridized carbons (Fsp3) is 0.324. The zero-order chi connectivity index (χ0) is 37.2. The molecule has 0 bridgehead atoms. The van der Waals surface area contributed by atoms with Gasteiger partial charge in [-0.25, -0.2) is 8.78 Å². The first kappa shape index (κ1) is 37.2. The van der Waals surface area contributed by atoms with Crippen LogP contribution in [0.15, 0.2) is 71.7 Å². The number of aliphatic hydroxyl groups is 1. The number of carboxylic acid groups (broad SMARTS) is 1. The summed E-state index contributed by atoms with van der Waals surface area (Å²) in [5.41, 5.74) is -1.24. The summed E-state index contributed by atoms with van der Waals surface area (Å²) in [7, 11) is 0. The lowest BCUT2D eigenvalue weighted by molar-refractivity contribution is -0.139. The number of rotatable bonds is 12. The van der Waals surface area contributed by atoms with Crippen molar-refractivity contribution in [3.63, 3.8) is 0 Å². The quantitative estimate of drug-likeness (QED) is 0.141. The predicted molar refractivity (Wildman–Crippen MR) is 177 cm³/mol. The molecule has 9 nitrogen and oxygen atoms in total. The Kier molecular flexibility index (Phi) is 11.0. The van der Waals surface area contributed by atoms with Crippen molar-refractivity contribution in [2.24, 2.45) is 0 Å². The van der Waals surface area contributed by atoms with Crippen LogP contribution in [0.5, 0.6) is 5.75 Å². The van der Waals surface area contributed by atoms with Crippen molar-refractivity contribution in [2.75, 3.05) is 19.6 Å². The van der Waals surface area contributed by atoms with E-state index in [4.69, 9.17) is 0 Å². The second kappa shape index (κ2) is 15.0. The SMILES string of the molecule is Cc1cc(-c2c(C)cccc2O)cc([C@H](CC(=O)O)NC(=O)C(c2cccc(CO)c2)n2cc(CCN3CC(F)C3)c(C(F)(F)F)cc2=O)c1F. The highest BCUT2D eigenvalue weighted by molar-refractivity contribution is 5.85. The minimum atomic E-state index is -4.93. The van der Waals surface area contributed by atoms with Gasteiger partial charge in [-0.3, -0.25) is 23.9 Å². The van der Waals surface area contributed by atoms with Gasteiger partial charge in [0.15, 0.2) is 0 Å². The molecule has 1 amide bonds. The predicted octanol–water partition coefficient (Wildman–Crippen LogP) is 5.61. The van der Waals surface area contributed by atoms with Crippen LogP contribution in [0.4, 0.5) is 22.0 Å². The van der Waals surface area contributed by atoms with Crippen molar-refractivity contribution < 1.29 is 46.9 Å².